The number of benzene rings is 1. The van der Waals surface area contributed by atoms with Crippen LogP contribution in [0.25, 0.3) is 0 Å². The smallest absolute Gasteiger partial charge is 0.315 e. The van der Waals surface area contributed by atoms with Gasteiger partial charge in [-0.15, -0.1) is 0 Å². The molecule has 132 valence electrons. The lowest BCUT2D eigenvalue weighted by Crippen LogP contribution is -2.48. The van der Waals surface area contributed by atoms with Gasteiger partial charge in [-0.25, -0.2) is 4.79 Å². The van der Waals surface area contributed by atoms with E-state index in [0.29, 0.717) is 5.92 Å². The zero-order valence-corrected chi connectivity index (χ0v) is 15.1. The third-order valence-corrected chi connectivity index (χ3v) is 5.17. The van der Waals surface area contributed by atoms with E-state index < -0.39 is 0 Å². The van der Waals surface area contributed by atoms with Gasteiger partial charge in [0.1, 0.15) is 0 Å². The molecule has 2 N–H and O–H groups in total. The molecule has 0 aromatic heterocycles. The Morgan fingerprint density at radius 1 is 1.12 bits per heavy atom. The van der Waals surface area contributed by atoms with Crippen LogP contribution >= 0.6 is 0 Å². The molecule has 1 aromatic carbocycles. The van der Waals surface area contributed by atoms with E-state index in [9.17, 15) is 4.79 Å². The highest BCUT2D eigenvalue weighted by Crippen LogP contribution is 2.41. The first kappa shape index (κ1) is 17.3. The Kier molecular flexibility index (Phi) is 5.77. The Balaban J connectivity index is 1.51. The van der Waals surface area contributed by atoms with Crippen LogP contribution in [-0.4, -0.2) is 36.6 Å². The predicted molar refractivity (Wildman–Crippen MR) is 98.1 cm³/mol. The minimum Gasteiger partial charge on any atom is -0.334 e. The first-order valence-corrected chi connectivity index (χ1v) is 9.48. The van der Waals surface area contributed by atoms with Gasteiger partial charge >= 0.3 is 6.03 Å². The highest BCUT2D eigenvalue weighted by atomic mass is 16.2. The zero-order valence-electron chi connectivity index (χ0n) is 15.1. The zero-order chi connectivity index (χ0) is 16.9. The number of urea groups is 1. The Labute approximate surface area is 146 Å². The third kappa shape index (κ3) is 4.97. The number of carbonyl (C=O) groups is 1. The van der Waals surface area contributed by atoms with Gasteiger partial charge in [-0.1, -0.05) is 36.2 Å². The highest BCUT2D eigenvalue weighted by molar-refractivity contribution is 5.74. The van der Waals surface area contributed by atoms with Crippen LogP contribution in [0.4, 0.5) is 4.79 Å². The maximum atomic E-state index is 12.4. The summed E-state index contributed by atoms with van der Waals surface area (Å²) in [5, 5.41) is 6.34. The SMILES string of the molecule is Cc1ccc(C(NC(=O)NC(C)CN2CCCCC2)C2CC2)cc1. The Morgan fingerprint density at radius 3 is 2.42 bits per heavy atom. The number of nitrogens with one attached hydrogen (secondary N) is 2. The van der Waals surface area contributed by atoms with E-state index in [2.05, 4.69) is 53.6 Å². The number of aryl methyl sites for hydroxylation is 1. The van der Waals surface area contributed by atoms with Crippen molar-refractivity contribution in [3.8, 4) is 0 Å². The van der Waals surface area contributed by atoms with E-state index in [1.165, 1.54) is 56.3 Å². The minimum absolute atomic E-state index is 0.0306. The molecule has 2 aliphatic rings. The van der Waals surface area contributed by atoms with Gasteiger partial charge in [-0.05, 0) is 64.1 Å². The first-order chi connectivity index (χ1) is 11.6. The van der Waals surface area contributed by atoms with Gasteiger partial charge in [0.25, 0.3) is 0 Å². The molecule has 0 spiro atoms. The summed E-state index contributed by atoms with van der Waals surface area (Å²) < 4.78 is 0. The van der Waals surface area contributed by atoms with Gasteiger partial charge in [0, 0.05) is 12.6 Å². The summed E-state index contributed by atoms with van der Waals surface area (Å²) in [6.45, 7) is 7.49. The van der Waals surface area contributed by atoms with Crippen LogP contribution in [0.2, 0.25) is 0 Å². The van der Waals surface area contributed by atoms with Gasteiger partial charge in [-0.2, -0.15) is 0 Å². The van der Waals surface area contributed by atoms with Crippen LogP contribution in [0.1, 0.15) is 56.2 Å². The number of amides is 2. The average molecular weight is 329 g/mol. The van der Waals surface area contributed by atoms with E-state index in [1.807, 2.05) is 0 Å². The molecule has 4 heteroatoms. The second kappa shape index (κ2) is 8.02. The summed E-state index contributed by atoms with van der Waals surface area (Å²) in [5.74, 6) is 0.593. The Hall–Kier alpha value is -1.55. The molecule has 0 bridgehead atoms. The summed E-state index contributed by atoms with van der Waals surface area (Å²) in [6.07, 6.45) is 6.34. The lowest BCUT2D eigenvalue weighted by Gasteiger charge is -2.29. The molecule has 24 heavy (non-hydrogen) atoms. The standard InChI is InChI=1S/C20H31N3O/c1-15-6-8-17(9-7-15)19(18-10-11-18)22-20(24)21-16(2)14-23-12-4-3-5-13-23/h6-9,16,18-19H,3-5,10-14H2,1-2H3,(H2,21,22,24). The number of nitrogens with zero attached hydrogens (tertiary/aromatic N) is 1. The van der Waals surface area contributed by atoms with Gasteiger partial charge in [0.05, 0.1) is 6.04 Å². The summed E-state index contributed by atoms with van der Waals surface area (Å²) in [5.41, 5.74) is 2.48. The monoisotopic (exact) mass is 329 g/mol. The van der Waals surface area contributed by atoms with Crippen LogP contribution < -0.4 is 10.6 Å². The van der Waals surface area contributed by atoms with Crippen molar-refractivity contribution in [1.82, 2.24) is 15.5 Å². The van der Waals surface area contributed by atoms with Crippen LogP contribution in [-0.2, 0) is 0 Å². The number of carbonyl (C=O) groups excluding carboxylic acids is 1. The molecule has 1 saturated heterocycles. The first-order valence-electron chi connectivity index (χ1n) is 9.48. The molecule has 0 radical (unpaired) electrons. The summed E-state index contributed by atoms with van der Waals surface area (Å²) in [6, 6.07) is 8.85. The number of piperidine rings is 1. The largest absolute Gasteiger partial charge is 0.334 e. The number of likely N-dealkylation sites (tertiary alicyclic amines) is 1. The van der Waals surface area contributed by atoms with Crippen LogP contribution in [0.5, 0.6) is 0 Å². The number of hydrogen-bond acceptors (Lipinski definition) is 2. The quantitative estimate of drug-likeness (QED) is 0.837. The fourth-order valence-corrected chi connectivity index (χ4v) is 3.66. The fraction of sp³-hybridized carbons (Fsp3) is 0.650. The molecule has 2 unspecified atom stereocenters. The maximum Gasteiger partial charge on any atom is 0.315 e. The number of hydrogen-bond donors (Lipinski definition) is 2. The van der Waals surface area contributed by atoms with Gasteiger partial charge in [0.2, 0.25) is 0 Å². The summed E-state index contributed by atoms with van der Waals surface area (Å²) >= 11 is 0. The van der Waals surface area contributed by atoms with Crippen molar-refractivity contribution < 1.29 is 4.79 Å². The van der Waals surface area contributed by atoms with Crippen LogP contribution in [0.3, 0.4) is 0 Å². The van der Waals surface area contributed by atoms with Gasteiger partial charge in [-0.3, -0.25) is 0 Å². The van der Waals surface area contributed by atoms with E-state index >= 15 is 0 Å². The molecule has 4 nitrogen and oxygen atoms in total. The lowest BCUT2D eigenvalue weighted by atomic mass is 10.0. The summed E-state index contributed by atoms with van der Waals surface area (Å²) in [7, 11) is 0. The van der Waals surface area contributed by atoms with Crippen molar-refractivity contribution in [3.05, 3.63) is 35.4 Å². The molecule has 1 aromatic rings. The lowest BCUT2D eigenvalue weighted by molar-refractivity contribution is 0.201. The second-order valence-corrected chi connectivity index (χ2v) is 7.61. The average Bonchev–Trinajstić information content (AvgIpc) is 3.39. The van der Waals surface area contributed by atoms with E-state index in [1.54, 1.807) is 0 Å². The third-order valence-electron chi connectivity index (χ3n) is 5.17. The Bertz CT molecular complexity index is 532. The molecule has 1 heterocycles. The molecule has 3 rings (SSSR count). The fourth-order valence-electron chi connectivity index (χ4n) is 3.66. The van der Waals surface area contributed by atoms with Gasteiger partial charge in [0.15, 0.2) is 0 Å². The molecule has 2 atom stereocenters. The maximum absolute atomic E-state index is 12.4. The topological polar surface area (TPSA) is 44.4 Å². The van der Waals surface area contributed by atoms with Gasteiger partial charge < -0.3 is 15.5 Å². The van der Waals surface area contributed by atoms with Crippen molar-refractivity contribution in [2.24, 2.45) is 5.92 Å². The van der Waals surface area contributed by atoms with E-state index in [4.69, 9.17) is 0 Å². The van der Waals surface area contributed by atoms with Crippen LogP contribution in [0, 0.1) is 12.8 Å². The van der Waals surface area contributed by atoms with Crippen molar-refractivity contribution >= 4 is 6.03 Å². The number of rotatable bonds is 6. The normalized spacial score (nSPS) is 21.1. The molecule has 2 fully saturated rings. The molecular weight excluding hydrogens is 298 g/mol. The minimum atomic E-state index is -0.0306. The molecule has 1 saturated carbocycles. The molecule has 1 aliphatic heterocycles. The van der Waals surface area contributed by atoms with Crippen molar-refractivity contribution in [2.45, 2.75) is 58.0 Å². The molecule has 2 amide bonds. The van der Waals surface area contributed by atoms with Crippen molar-refractivity contribution in [2.75, 3.05) is 19.6 Å². The highest BCUT2D eigenvalue weighted by Gasteiger charge is 2.33. The van der Waals surface area contributed by atoms with E-state index in [-0.39, 0.29) is 18.1 Å². The summed E-state index contributed by atoms with van der Waals surface area (Å²) in [4.78, 5) is 14.9. The predicted octanol–water partition coefficient (Wildman–Crippen LogP) is 3.62. The van der Waals surface area contributed by atoms with E-state index in [0.717, 1.165) is 6.54 Å². The Morgan fingerprint density at radius 2 is 1.79 bits per heavy atom. The van der Waals surface area contributed by atoms with Crippen molar-refractivity contribution in [1.29, 1.82) is 0 Å². The molecule has 1 aliphatic carbocycles. The second-order valence-electron chi connectivity index (χ2n) is 7.61. The van der Waals surface area contributed by atoms with Crippen molar-refractivity contribution in [3.63, 3.8) is 0 Å². The van der Waals surface area contributed by atoms with Crippen LogP contribution in [0.15, 0.2) is 24.3 Å². The molecular formula is C20H31N3O.